The molecule has 0 bridgehead atoms. The molecule has 0 saturated heterocycles. The van der Waals surface area contributed by atoms with Gasteiger partial charge in [0, 0.05) is 5.56 Å². The average Bonchev–Trinajstić information content (AvgIpc) is 2.52. The topological polar surface area (TPSA) is 65.0 Å². The number of benzene rings is 1. The molecule has 1 aliphatic rings. The van der Waals surface area contributed by atoms with Crippen LogP contribution in [0, 0.1) is 0 Å². The van der Waals surface area contributed by atoms with Gasteiger partial charge in [0.15, 0.2) is 11.5 Å². The van der Waals surface area contributed by atoms with Crippen molar-refractivity contribution in [3.05, 3.63) is 23.3 Å². The van der Waals surface area contributed by atoms with Crippen LogP contribution < -0.4 is 9.47 Å². The van der Waals surface area contributed by atoms with E-state index >= 15 is 0 Å². The van der Waals surface area contributed by atoms with E-state index in [2.05, 4.69) is 4.74 Å². The minimum atomic E-state index is -1.22. The quantitative estimate of drug-likeness (QED) is 0.733. The summed E-state index contributed by atoms with van der Waals surface area (Å²) in [6.45, 7) is 0. The van der Waals surface area contributed by atoms with E-state index in [1.54, 1.807) is 0 Å². The fraction of sp³-hybridized carbons (Fsp3) is 0.300. The molecular weight excluding hydrogens is 200 g/mol. The summed E-state index contributed by atoms with van der Waals surface area (Å²) in [5.41, 5.74) is 0.706. The third-order valence-electron chi connectivity index (χ3n) is 2.26. The number of methoxy groups -OCH3 is 2. The number of ether oxygens (including phenoxy) is 3. The third kappa shape index (κ3) is 1.41. The summed E-state index contributed by atoms with van der Waals surface area (Å²) in [5.74, 6) is 0.328. The minimum absolute atomic E-state index is 0.306. The molecule has 0 spiro atoms. The lowest BCUT2D eigenvalue weighted by Crippen LogP contribution is -1.96. The van der Waals surface area contributed by atoms with Crippen LogP contribution in [-0.4, -0.2) is 25.3 Å². The second-order valence-corrected chi connectivity index (χ2v) is 3.05. The maximum absolute atomic E-state index is 11.3. The Balaban J connectivity index is 2.58. The van der Waals surface area contributed by atoms with Crippen molar-refractivity contribution in [3.63, 3.8) is 0 Å². The Kier molecular flexibility index (Phi) is 2.24. The summed E-state index contributed by atoms with van der Waals surface area (Å²) in [7, 11) is 2.95. The van der Waals surface area contributed by atoms with Gasteiger partial charge in [-0.15, -0.1) is 0 Å². The van der Waals surface area contributed by atoms with Gasteiger partial charge >= 0.3 is 5.97 Å². The lowest BCUT2D eigenvalue weighted by atomic mass is 10.1. The zero-order valence-corrected chi connectivity index (χ0v) is 8.31. The number of carbonyl (C=O) groups excluding carboxylic acids is 1. The smallest absolute Gasteiger partial charge is 0.341 e. The number of carbonyl (C=O) groups is 1. The highest BCUT2D eigenvalue weighted by molar-refractivity contribution is 5.94. The molecule has 1 atom stereocenters. The largest absolute Gasteiger partial charge is 0.493 e. The minimum Gasteiger partial charge on any atom is -0.493 e. The number of rotatable bonds is 2. The summed E-state index contributed by atoms with van der Waals surface area (Å²) < 4.78 is 14.7. The zero-order chi connectivity index (χ0) is 11.0. The number of hydrogen-bond donors (Lipinski definition) is 1. The molecule has 0 saturated carbocycles. The van der Waals surface area contributed by atoms with Crippen LogP contribution in [0.2, 0.25) is 0 Å². The molecule has 1 heterocycles. The second kappa shape index (κ2) is 3.43. The van der Waals surface area contributed by atoms with Crippen LogP contribution in [0.4, 0.5) is 0 Å². The van der Waals surface area contributed by atoms with E-state index in [1.165, 1.54) is 26.4 Å². The first-order valence-corrected chi connectivity index (χ1v) is 4.32. The predicted molar refractivity (Wildman–Crippen MR) is 49.9 cm³/mol. The molecule has 80 valence electrons. The highest BCUT2D eigenvalue weighted by Gasteiger charge is 2.31. The van der Waals surface area contributed by atoms with Crippen LogP contribution in [0.25, 0.3) is 0 Å². The second-order valence-electron chi connectivity index (χ2n) is 3.05. The molecule has 1 aliphatic heterocycles. The van der Waals surface area contributed by atoms with Gasteiger partial charge < -0.3 is 19.3 Å². The Morgan fingerprint density at radius 1 is 1.27 bits per heavy atom. The first kappa shape index (κ1) is 9.79. The van der Waals surface area contributed by atoms with Crippen molar-refractivity contribution in [2.75, 3.05) is 14.2 Å². The number of esters is 1. The third-order valence-corrected chi connectivity index (χ3v) is 2.26. The van der Waals surface area contributed by atoms with Crippen molar-refractivity contribution in [1.29, 1.82) is 0 Å². The van der Waals surface area contributed by atoms with Gasteiger partial charge in [0.2, 0.25) is 6.29 Å². The van der Waals surface area contributed by atoms with Crippen molar-refractivity contribution in [2.45, 2.75) is 6.29 Å². The lowest BCUT2D eigenvalue weighted by Gasteiger charge is -2.09. The maximum Gasteiger partial charge on any atom is 0.341 e. The molecule has 0 radical (unpaired) electrons. The Bertz CT molecular complexity index is 413. The van der Waals surface area contributed by atoms with Gasteiger partial charge in [-0.05, 0) is 12.1 Å². The van der Waals surface area contributed by atoms with Gasteiger partial charge in [0.25, 0.3) is 0 Å². The van der Waals surface area contributed by atoms with Gasteiger partial charge in [0.1, 0.15) is 0 Å². The molecule has 15 heavy (non-hydrogen) atoms. The van der Waals surface area contributed by atoms with Gasteiger partial charge in [-0.3, -0.25) is 0 Å². The van der Waals surface area contributed by atoms with Crippen molar-refractivity contribution < 1.29 is 24.1 Å². The highest BCUT2D eigenvalue weighted by atomic mass is 16.6. The molecule has 0 fully saturated rings. The van der Waals surface area contributed by atoms with Crippen LogP contribution in [-0.2, 0) is 4.74 Å². The van der Waals surface area contributed by atoms with Crippen LogP contribution >= 0.6 is 0 Å². The van der Waals surface area contributed by atoms with Gasteiger partial charge in [-0.1, -0.05) is 0 Å². The predicted octanol–water partition coefficient (Wildman–Crippen LogP) is 0.865. The number of aliphatic hydroxyl groups excluding tert-OH is 1. The summed E-state index contributed by atoms with van der Waals surface area (Å²) in [6.07, 6.45) is -1.22. The van der Waals surface area contributed by atoms with Crippen LogP contribution in [0.1, 0.15) is 22.2 Å². The Morgan fingerprint density at radius 3 is 2.47 bits per heavy atom. The first-order valence-electron chi connectivity index (χ1n) is 4.32. The van der Waals surface area contributed by atoms with Gasteiger partial charge in [0.05, 0.1) is 19.8 Å². The molecule has 5 heteroatoms. The van der Waals surface area contributed by atoms with Gasteiger partial charge in [-0.2, -0.15) is 0 Å². The monoisotopic (exact) mass is 210 g/mol. The molecule has 2 rings (SSSR count). The Labute approximate surface area is 86.2 Å². The first-order chi connectivity index (χ1) is 7.17. The van der Waals surface area contributed by atoms with E-state index in [-0.39, 0.29) is 0 Å². The van der Waals surface area contributed by atoms with E-state index in [0.717, 1.165) is 0 Å². The normalized spacial score (nSPS) is 18.3. The fourth-order valence-corrected chi connectivity index (χ4v) is 1.50. The number of fused-ring (bicyclic) bond motifs is 1. The van der Waals surface area contributed by atoms with Crippen LogP contribution in [0.15, 0.2) is 12.1 Å². The van der Waals surface area contributed by atoms with E-state index < -0.39 is 12.3 Å². The summed E-state index contributed by atoms with van der Waals surface area (Å²) >= 11 is 0. The molecule has 0 unspecified atom stereocenters. The fourth-order valence-electron chi connectivity index (χ4n) is 1.50. The van der Waals surface area contributed by atoms with E-state index in [0.29, 0.717) is 22.6 Å². The molecule has 5 nitrogen and oxygen atoms in total. The molecule has 0 aromatic heterocycles. The number of aliphatic hydroxyl groups is 1. The van der Waals surface area contributed by atoms with E-state index in [1.807, 2.05) is 0 Å². The van der Waals surface area contributed by atoms with Crippen molar-refractivity contribution >= 4 is 5.97 Å². The molecular formula is C10H10O5. The van der Waals surface area contributed by atoms with Crippen molar-refractivity contribution in [2.24, 2.45) is 0 Å². The lowest BCUT2D eigenvalue weighted by molar-refractivity contribution is -0.0548. The number of hydrogen-bond acceptors (Lipinski definition) is 5. The Morgan fingerprint density at radius 2 is 1.87 bits per heavy atom. The van der Waals surface area contributed by atoms with Crippen LogP contribution in [0.3, 0.4) is 0 Å². The average molecular weight is 210 g/mol. The molecule has 0 amide bonds. The number of cyclic esters (lactones) is 1. The zero-order valence-electron chi connectivity index (χ0n) is 8.31. The molecule has 1 aromatic rings. The molecule has 1 N–H and O–H groups in total. The maximum atomic E-state index is 11.3. The summed E-state index contributed by atoms with van der Waals surface area (Å²) in [4.78, 5) is 11.3. The SMILES string of the molecule is COc1cc2c(cc1OC)[C@@H](O)OC2=O. The van der Waals surface area contributed by atoms with E-state index in [9.17, 15) is 9.90 Å². The summed E-state index contributed by atoms with van der Waals surface area (Å²) in [6, 6.07) is 3.02. The summed E-state index contributed by atoms with van der Waals surface area (Å²) in [5, 5.41) is 9.40. The van der Waals surface area contributed by atoms with Crippen molar-refractivity contribution in [3.8, 4) is 11.5 Å². The van der Waals surface area contributed by atoms with Crippen LogP contribution in [0.5, 0.6) is 11.5 Å². The molecule has 1 aromatic carbocycles. The highest BCUT2D eigenvalue weighted by Crippen LogP contribution is 2.37. The van der Waals surface area contributed by atoms with Crippen molar-refractivity contribution in [1.82, 2.24) is 0 Å². The molecule has 0 aliphatic carbocycles. The Hall–Kier alpha value is -1.75. The van der Waals surface area contributed by atoms with Gasteiger partial charge in [-0.25, -0.2) is 4.79 Å². The standard InChI is InChI=1S/C10H10O5/c1-13-7-3-5-6(4-8(7)14-2)10(12)15-9(5)11/h3-4,9,11H,1-2H3/t9-/m0/s1. The van der Waals surface area contributed by atoms with E-state index in [4.69, 9.17) is 9.47 Å².